The van der Waals surface area contributed by atoms with E-state index in [1.54, 1.807) is 0 Å². The highest BCUT2D eigenvalue weighted by molar-refractivity contribution is 5.32. The van der Waals surface area contributed by atoms with Crippen LogP contribution in [0.1, 0.15) is 26.7 Å². The minimum Gasteiger partial charge on any atom is -0.467 e. The second-order valence-electron chi connectivity index (χ2n) is 3.82. The van der Waals surface area contributed by atoms with Crippen LogP contribution in [0.25, 0.3) is 0 Å². The Hall–Kier alpha value is -1.26. The summed E-state index contributed by atoms with van der Waals surface area (Å²) >= 11 is 0. The Morgan fingerprint density at radius 2 is 1.33 bits per heavy atom. The molecule has 0 unspecified atom stereocenters. The highest BCUT2D eigenvalue weighted by Crippen LogP contribution is 2.19. The van der Waals surface area contributed by atoms with Crippen LogP contribution in [0.5, 0.6) is 11.5 Å². The zero-order valence-electron chi connectivity index (χ0n) is 11.2. The van der Waals surface area contributed by atoms with E-state index in [2.05, 4.69) is 13.8 Å². The molecule has 0 amide bonds. The maximum absolute atomic E-state index is 5.43. The summed E-state index contributed by atoms with van der Waals surface area (Å²) in [6.07, 6.45) is 1.97. The van der Waals surface area contributed by atoms with Crippen molar-refractivity contribution in [3.63, 3.8) is 0 Å². The second-order valence-corrected chi connectivity index (χ2v) is 3.82. The molecule has 0 atom stereocenters. The third-order valence-electron chi connectivity index (χ3n) is 2.12. The van der Waals surface area contributed by atoms with Crippen molar-refractivity contribution in [3.05, 3.63) is 24.3 Å². The standard InChI is InChI=1S/C14H22O4/c1-3-8-15-11-17-13-6-5-7-14(10-13)18-12-16-9-4-2/h5-7,10H,3-4,8-9,11-12H2,1-2H3. The van der Waals surface area contributed by atoms with E-state index in [1.165, 1.54) is 0 Å². The molecule has 18 heavy (non-hydrogen) atoms. The van der Waals surface area contributed by atoms with Crippen molar-refractivity contribution in [2.24, 2.45) is 0 Å². The van der Waals surface area contributed by atoms with Crippen LogP contribution in [-0.2, 0) is 9.47 Å². The molecule has 0 saturated heterocycles. The molecule has 1 aromatic rings. The van der Waals surface area contributed by atoms with Crippen LogP contribution in [0.3, 0.4) is 0 Å². The van der Waals surface area contributed by atoms with E-state index >= 15 is 0 Å². The van der Waals surface area contributed by atoms with Gasteiger partial charge < -0.3 is 18.9 Å². The summed E-state index contributed by atoms with van der Waals surface area (Å²) in [6.45, 7) is 6.07. The highest BCUT2D eigenvalue weighted by atomic mass is 16.7. The van der Waals surface area contributed by atoms with Gasteiger partial charge in [-0.1, -0.05) is 19.9 Å². The van der Waals surface area contributed by atoms with Crippen molar-refractivity contribution in [3.8, 4) is 11.5 Å². The van der Waals surface area contributed by atoms with Gasteiger partial charge in [-0.3, -0.25) is 0 Å². The summed E-state index contributed by atoms with van der Waals surface area (Å²) in [6, 6.07) is 7.44. The molecule has 4 heteroatoms. The van der Waals surface area contributed by atoms with Crippen LogP contribution in [0.15, 0.2) is 24.3 Å². The molecule has 0 radical (unpaired) electrons. The van der Waals surface area contributed by atoms with Crippen LogP contribution >= 0.6 is 0 Å². The predicted molar refractivity (Wildman–Crippen MR) is 69.9 cm³/mol. The van der Waals surface area contributed by atoms with Crippen LogP contribution in [0.4, 0.5) is 0 Å². The van der Waals surface area contributed by atoms with Crippen molar-refractivity contribution < 1.29 is 18.9 Å². The first-order valence-electron chi connectivity index (χ1n) is 6.38. The molecular formula is C14H22O4. The zero-order chi connectivity index (χ0) is 13.1. The van der Waals surface area contributed by atoms with Gasteiger partial charge in [0, 0.05) is 6.07 Å². The first-order chi connectivity index (χ1) is 8.86. The highest BCUT2D eigenvalue weighted by Gasteiger charge is 1.98. The van der Waals surface area contributed by atoms with Crippen molar-refractivity contribution >= 4 is 0 Å². The molecule has 0 aromatic heterocycles. The van der Waals surface area contributed by atoms with Gasteiger partial charge in [0.2, 0.25) is 0 Å². The van der Waals surface area contributed by atoms with Gasteiger partial charge in [-0.05, 0) is 25.0 Å². The Balaban J connectivity index is 2.27. The van der Waals surface area contributed by atoms with E-state index in [0.717, 1.165) is 24.3 Å². The molecule has 0 bridgehead atoms. The molecule has 0 fully saturated rings. The van der Waals surface area contributed by atoms with E-state index in [0.29, 0.717) is 13.2 Å². The summed E-state index contributed by atoms with van der Waals surface area (Å²) in [7, 11) is 0. The second kappa shape index (κ2) is 9.74. The Labute approximate surface area is 109 Å². The fourth-order valence-electron chi connectivity index (χ4n) is 1.28. The van der Waals surface area contributed by atoms with Gasteiger partial charge in [-0.2, -0.15) is 0 Å². The van der Waals surface area contributed by atoms with Crippen LogP contribution < -0.4 is 9.47 Å². The number of ether oxygens (including phenoxy) is 4. The van der Waals surface area contributed by atoms with Gasteiger partial charge in [-0.25, -0.2) is 0 Å². The first kappa shape index (κ1) is 14.8. The molecule has 0 heterocycles. The SMILES string of the molecule is CCCOCOc1cccc(OCOCCC)c1. The lowest BCUT2D eigenvalue weighted by atomic mass is 10.3. The third-order valence-corrected chi connectivity index (χ3v) is 2.12. The summed E-state index contributed by atoms with van der Waals surface area (Å²) in [5.41, 5.74) is 0. The van der Waals surface area contributed by atoms with Gasteiger partial charge in [0.15, 0.2) is 13.6 Å². The van der Waals surface area contributed by atoms with Crippen molar-refractivity contribution in [2.75, 3.05) is 26.8 Å². The van der Waals surface area contributed by atoms with Crippen molar-refractivity contribution in [2.45, 2.75) is 26.7 Å². The van der Waals surface area contributed by atoms with E-state index in [-0.39, 0.29) is 13.6 Å². The Bertz CT molecular complexity index is 287. The van der Waals surface area contributed by atoms with Crippen LogP contribution in [0, 0.1) is 0 Å². The maximum Gasteiger partial charge on any atom is 0.189 e. The lowest BCUT2D eigenvalue weighted by molar-refractivity contribution is 0.0116. The molecule has 0 aliphatic rings. The fraction of sp³-hybridized carbons (Fsp3) is 0.571. The molecule has 0 aliphatic carbocycles. The predicted octanol–water partition coefficient (Wildman–Crippen LogP) is 3.21. The van der Waals surface area contributed by atoms with Gasteiger partial charge >= 0.3 is 0 Å². The molecule has 0 N–H and O–H groups in total. The molecule has 1 rings (SSSR count). The minimum absolute atomic E-state index is 0.267. The fourth-order valence-corrected chi connectivity index (χ4v) is 1.28. The Morgan fingerprint density at radius 1 is 0.833 bits per heavy atom. The molecule has 0 spiro atoms. The van der Waals surface area contributed by atoms with Crippen LogP contribution in [-0.4, -0.2) is 26.8 Å². The normalized spacial score (nSPS) is 10.3. The molecule has 1 aromatic carbocycles. The van der Waals surface area contributed by atoms with Gasteiger partial charge in [0.25, 0.3) is 0 Å². The average Bonchev–Trinajstić information content (AvgIpc) is 2.40. The molecule has 4 nitrogen and oxygen atoms in total. The molecule has 0 aliphatic heterocycles. The summed E-state index contributed by atoms with van der Waals surface area (Å²) in [4.78, 5) is 0. The van der Waals surface area contributed by atoms with Crippen molar-refractivity contribution in [1.82, 2.24) is 0 Å². The largest absolute Gasteiger partial charge is 0.467 e. The smallest absolute Gasteiger partial charge is 0.189 e. The lowest BCUT2D eigenvalue weighted by Crippen LogP contribution is -2.05. The van der Waals surface area contributed by atoms with Crippen molar-refractivity contribution in [1.29, 1.82) is 0 Å². The first-order valence-corrected chi connectivity index (χ1v) is 6.38. The van der Waals surface area contributed by atoms with E-state index in [4.69, 9.17) is 18.9 Å². The third kappa shape index (κ3) is 6.47. The Morgan fingerprint density at radius 3 is 1.78 bits per heavy atom. The quantitative estimate of drug-likeness (QED) is 0.474. The monoisotopic (exact) mass is 254 g/mol. The van der Waals surface area contributed by atoms with Gasteiger partial charge in [0.05, 0.1) is 13.2 Å². The Kier molecular flexibility index (Phi) is 8.01. The number of benzene rings is 1. The summed E-state index contributed by atoms with van der Waals surface area (Å²) < 4.78 is 21.4. The molecule has 0 saturated carbocycles. The van der Waals surface area contributed by atoms with Crippen LogP contribution in [0.2, 0.25) is 0 Å². The maximum atomic E-state index is 5.43. The van der Waals surface area contributed by atoms with Gasteiger partial charge in [0.1, 0.15) is 11.5 Å². The lowest BCUT2D eigenvalue weighted by Gasteiger charge is -2.09. The van der Waals surface area contributed by atoms with Gasteiger partial charge in [-0.15, -0.1) is 0 Å². The topological polar surface area (TPSA) is 36.9 Å². The average molecular weight is 254 g/mol. The van der Waals surface area contributed by atoms with E-state index in [9.17, 15) is 0 Å². The summed E-state index contributed by atoms with van der Waals surface area (Å²) in [5.74, 6) is 1.47. The summed E-state index contributed by atoms with van der Waals surface area (Å²) in [5, 5.41) is 0. The van der Waals surface area contributed by atoms with E-state index < -0.39 is 0 Å². The molecule has 102 valence electrons. The number of hydrogen-bond donors (Lipinski definition) is 0. The number of hydrogen-bond acceptors (Lipinski definition) is 4. The number of rotatable bonds is 10. The van der Waals surface area contributed by atoms with E-state index in [1.807, 2.05) is 24.3 Å². The molecular weight excluding hydrogens is 232 g/mol. The minimum atomic E-state index is 0.267. The zero-order valence-corrected chi connectivity index (χ0v) is 11.2.